The Bertz CT molecular complexity index is 715. The van der Waals surface area contributed by atoms with Crippen molar-refractivity contribution in [2.45, 2.75) is 90.6 Å². The number of amides is 2. The summed E-state index contributed by atoms with van der Waals surface area (Å²) >= 11 is 0. The molecule has 0 aromatic rings. The van der Waals surface area contributed by atoms with E-state index >= 15 is 0 Å². The fourth-order valence-electron chi connectivity index (χ4n) is 5.88. The van der Waals surface area contributed by atoms with Crippen molar-refractivity contribution in [1.29, 1.82) is 0 Å². The van der Waals surface area contributed by atoms with Gasteiger partial charge in [-0.25, -0.2) is 0 Å². The topological polar surface area (TPSA) is 73.0 Å². The highest BCUT2D eigenvalue weighted by atomic mass is 16.2. The van der Waals surface area contributed by atoms with E-state index in [1.165, 1.54) is 12.8 Å². The number of likely N-dealkylation sites (tertiary alicyclic amines) is 1. The van der Waals surface area contributed by atoms with Crippen molar-refractivity contribution in [3.8, 4) is 0 Å². The second kappa shape index (κ2) is 12.7. The highest BCUT2D eigenvalue weighted by Crippen LogP contribution is 2.35. The summed E-state index contributed by atoms with van der Waals surface area (Å²) in [5.74, 6) is 2.35. The van der Waals surface area contributed by atoms with E-state index in [-0.39, 0.29) is 17.9 Å². The molecule has 0 aromatic carbocycles. The standard InChI is InChI=1S/C28H50N4O3/c1-21(2)8-12-30(5)26(34)17-24-9-13-31(14-10-24)19-28(20-33,18-22(3)4)32-15-11-29-25(27(32)35)16-23-6-7-23/h20-25,29H,6-19H2,1-5H3/t25-,28+/m0/s1. The molecule has 200 valence electrons. The highest BCUT2D eigenvalue weighted by Gasteiger charge is 2.46. The van der Waals surface area contributed by atoms with Crippen LogP contribution in [0.25, 0.3) is 0 Å². The molecule has 1 N–H and O–H groups in total. The molecule has 0 aromatic heterocycles. The second-order valence-electron chi connectivity index (χ2n) is 12.4. The quantitative estimate of drug-likeness (QED) is 0.402. The van der Waals surface area contributed by atoms with Gasteiger partial charge < -0.3 is 24.8 Å². The average molecular weight is 491 g/mol. The van der Waals surface area contributed by atoms with Crippen molar-refractivity contribution in [3.63, 3.8) is 0 Å². The van der Waals surface area contributed by atoms with Crippen molar-refractivity contribution in [2.24, 2.45) is 23.7 Å². The van der Waals surface area contributed by atoms with Crippen LogP contribution < -0.4 is 5.32 Å². The van der Waals surface area contributed by atoms with Gasteiger partial charge >= 0.3 is 0 Å². The second-order valence-corrected chi connectivity index (χ2v) is 12.4. The van der Waals surface area contributed by atoms with Crippen molar-refractivity contribution < 1.29 is 14.4 Å². The Balaban J connectivity index is 1.58. The third kappa shape index (κ3) is 8.01. The zero-order valence-corrected chi connectivity index (χ0v) is 22.9. The summed E-state index contributed by atoms with van der Waals surface area (Å²) < 4.78 is 0. The molecule has 0 spiro atoms. The summed E-state index contributed by atoms with van der Waals surface area (Å²) in [6.07, 6.45) is 8.71. The predicted molar refractivity (Wildman–Crippen MR) is 140 cm³/mol. The van der Waals surface area contributed by atoms with Crippen LogP contribution in [0.1, 0.15) is 79.1 Å². The first kappa shape index (κ1) is 28.1. The van der Waals surface area contributed by atoms with Gasteiger partial charge in [0, 0.05) is 39.6 Å². The minimum atomic E-state index is -0.769. The Labute approximate surface area is 213 Å². The van der Waals surface area contributed by atoms with Crippen LogP contribution in [0.5, 0.6) is 0 Å². The van der Waals surface area contributed by atoms with Gasteiger partial charge in [-0.15, -0.1) is 0 Å². The lowest BCUT2D eigenvalue weighted by molar-refractivity contribution is -0.149. The van der Waals surface area contributed by atoms with Gasteiger partial charge in [-0.05, 0) is 68.9 Å². The van der Waals surface area contributed by atoms with E-state index < -0.39 is 5.54 Å². The Morgan fingerprint density at radius 2 is 1.77 bits per heavy atom. The van der Waals surface area contributed by atoms with Gasteiger partial charge in [0.05, 0.1) is 6.04 Å². The lowest BCUT2D eigenvalue weighted by atomic mass is 9.84. The highest BCUT2D eigenvalue weighted by molar-refractivity contribution is 5.87. The zero-order valence-electron chi connectivity index (χ0n) is 22.9. The Morgan fingerprint density at radius 1 is 1.09 bits per heavy atom. The van der Waals surface area contributed by atoms with Gasteiger partial charge in [-0.3, -0.25) is 9.59 Å². The first-order chi connectivity index (χ1) is 16.6. The van der Waals surface area contributed by atoms with Crippen molar-refractivity contribution in [1.82, 2.24) is 20.0 Å². The molecule has 2 saturated heterocycles. The van der Waals surface area contributed by atoms with Gasteiger partial charge in [0.15, 0.2) is 0 Å². The van der Waals surface area contributed by atoms with Gasteiger partial charge in [0.1, 0.15) is 11.8 Å². The number of carbonyl (C=O) groups excluding carboxylic acids is 3. The summed E-state index contributed by atoms with van der Waals surface area (Å²) in [4.78, 5) is 45.1. The number of nitrogens with one attached hydrogen (secondary N) is 1. The van der Waals surface area contributed by atoms with Crippen molar-refractivity contribution >= 4 is 18.1 Å². The largest absolute Gasteiger partial charge is 0.346 e. The molecule has 0 radical (unpaired) electrons. The number of hydrogen-bond donors (Lipinski definition) is 1. The van der Waals surface area contributed by atoms with Crippen LogP contribution in [0.3, 0.4) is 0 Å². The molecule has 0 unspecified atom stereocenters. The van der Waals surface area contributed by atoms with E-state index in [1.54, 1.807) is 0 Å². The van der Waals surface area contributed by atoms with E-state index in [2.05, 4.69) is 37.9 Å². The number of hydrogen-bond acceptors (Lipinski definition) is 5. The first-order valence-electron chi connectivity index (χ1n) is 14.1. The first-order valence-corrected chi connectivity index (χ1v) is 14.1. The summed E-state index contributed by atoms with van der Waals surface area (Å²) in [7, 11) is 1.92. The third-order valence-electron chi connectivity index (χ3n) is 8.21. The molecule has 1 aliphatic carbocycles. The summed E-state index contributed by atoms with van der Waals surface area (Å²) in [6.45, 7) is 13.2. The Hall–Kier alpha value is -1.47. The van der Waals surface area contributed by atoms with Crippen LogP contribution in [0.2, 0.25) is 0 Å². The molecular weight excluding hydrogens is 440 g/mol. The molecule has 7 nitrogen and oxygen atoms in total. The number of piperidine rings is 1. The SMILES string of the molecule is CC(C)CCN(C)C(=O)CC1CCN(C[C@@](C=O)(CC(C)C)N2CCN[C@@H](CC3CC3)C2=O)CC1. The van der Waals surface area contributed by atoms with Gasteiger partial charge in [0.2, 0.25) is 11.8 Å². The average Bonchev–Trinajstić information content (AvgIpc) is 3.63. The summed E-state index contributed by atoms with van der Waals surface area (Å²) in [5.41, 5.74) is -0.769. The molecule has 35 heavy (non-hydrogen) atoms. The molecule has 2 aliphatic heterocycles. The number of rotatable bonds is 13. The van der Waals surface area contributed by atoms with Gasteiger partial charge in [-0.1, -0.05) is 40.5 Å². The smallest absolute Gasteiger partial charge is 0.240 e. The van der Waals surface area contributed by atoms with E-state index in [9.17, 15) is 14.4 Å². The summed E-state index contributed by atoms with van der Waals surface area (Å²) in [6, 6.07) is -0.146. The van der Waals surface area contributed by atoms with Crippen LogP contribution >= 0.6 is 0 Å². The van der Waals surface area contributed by atoms with Gasteiger partial charge in [-0.2, -0.15) is 0 Å². The molecule has 2 heterocycles. The molecule has 3 fully saturated rings. The maximum atomic E-state index is 13.5. The van der Waals surface area contributed by atoms with E-state index in [0.29, 0.717) is 49.6 Å². The van der Waals surface area contributed by atoms with E-state index in [0.717, 1.165) is 58.1 Å². The number of nitrogens with zero attached hydrogens (tertiary/aromatic N) is 3. The molecule has 7 heteroatoms. The normalized spacial score (nSPS) is 24.1. The van der Waals surface area contributed by atoms with Crippen LogP contribution in [-0.2, 0) is 14.4 Å². The molecule has 0 bridgehead atoms. The predicted octanol–water partition coefficient (Wildman–Crippen LogP) is 3.18. The third-order valence-corrected chi connectivity index (χ3v) is 8.21. The number of piperazine rings is 1. The van der Waals surface area contributed by atoms with Crippen LogP contribution in [0.15, 0.2) is 0 Å². The monoisotopic (exact) mass is 490 g/mol. The molecule has 1 saturated carbocycles. The van der Waals surface area contributed by atoms with E-state index in [1.807, 2.05) is 16.8 Å². The molecule has 3 rings (SSSR count). The zero-order chi connectivity index (χ0) is 25.6. The lowest BCUT2D eigenvalue weighted by Crippen LogP contribution is -2.67. The Kier molecular flexibility index (Phi) is 10.2. The van der Waals surface area contributed by atoms with Crippen molar-refractivity contribution in [3.05, 3.63) is 0 Å². The number of carbonyl (C=O) groups is 3. The van der Waals surface area contributed by atoms with Crippen molar-refractivity contribution in [2.75, 3.05) is 46.3 Å². The van der Waals surface area contributed by atoms with Crippen LogP contribution in [-0.4, -0.2) is 90.7 Å². The molecule has 2 amide bonds. The Morgan fingerprint density at radius 3 is 2.34 bits per heavy atom. The van der Waals surface area contributed by atoms with Crippen LogP contribution in [0, 0.1) is 23.7 Å². The lowest BCUT2D eigenvalue weighted by Gasteiger charge is -2.48. The number of aldehydes is 1. The van der Waals surface area contributed by atoms with Gasteiger partial charge in [0.25, 0.3) is 0 Å². The summed E-state index contributed by atoms with van der Waals surface area (Å²) in [5, 5.41) is 3.41. The fraction of sp³-hybridized carbons (Fsp3) is 0.893. The van der Waals surface area contributed by atoms with Crippen LogP contribution in [0.4, 0.5) is 0 Å². The maximum absolute atomic E-state index is 13.5. The molecular formula is C28H50N4O3. The maximum Gasteiger partial charge on any atom is 0.240 e. The molecule has 3 aliphatic rings. The molecule has 2 atom stereocenters. The minimum Gasteiger partial charge on any atom is -0.346 e. The minimum absolute atomic E-state index is 0.112. The fourth-order valence-corrected chi connectivity index (χ4v) is 5.88. The van der Waals surface area contributed by atoms with E-state index in [4.69, 9.17) is 0 Å².